The molecule has 1 aromatic rings. The molecule has 0 bridgehead atoms. The molecule has 0 unspecified atom stereocenters. The van der Waals surface area contributed by atoms with Crippen molar-refractivity contribution in [1.29, 1.82) is 0 Å². The Bertz CT molecular complexity index is 514. The Balaban J connectivity index is 2.10. The molecule has 0 N–H and O–H groups in total. The summed E-state index contributed by atoms with van der Waals surface area (Å²) < 4.78 is 27.0. The molecule has 6 heteroatoms. The minimum atomic E-state index is -0.867. The van der Waals surface area contributed by atoms with Crippen LogP contribution in [-0.2, 0) is 4.79 Å². The van der Waals surface area contributed by atoms with Crippen LogP contribution in [0.3, 0.4) is 0 Å². The molecule has 1 aliphatic rings. The first kappa shape index (κ1) is 14.6. The molecule has 0 saturated carbocycles. The number of ketones is 1. The Hall–Kier alpha value is -1.82. The van der Waals surface area contributed by atoms with Crippen molar-refractivity contribution >= 4 is 11.7 Å². The molecule has 1 aliphatic heterocycles. The first-order chi connectivity index (χ1) is 9.49. The van der Waals surface area contributed by atoms with Crippen LogP contribution in [0.2, 0.25) is 0 Å². The molecule has 20 heavy (non-hydrogen) atoms. The van der Waals surface area contributed by atoms with Gasteiger partial charge in [0, 0.05) is 20.1 Å². The highest BCUT2D eigenvalue weighted by Crippen LogP contribution is 2.14. The molecule has 0 atom stereocenters. The van der Waals surface area contributed by atoms with Gasteiger partial charge < -0.3 is 4.90 Å². The number of benzene rings is 1. The molecule has 0 radical (unpaired) electrons. The van der Waals surface area contributed by atoms with Crippen LogP contribution in [0.4, 0.5) is 8.78 Å². The Kier molecular flexibility index (Phi) is 4.44. The van der Waals surface area contributed by atoms with E-state index in [0.29, 0.717) is 13.1 Å². The van der Waals surface area contributed by atoms with E-state index in [2.05, 4.69) is 0 Å². The molecule has 0 aliphatic carbocycles. The zero-order chi connectivity index (χ0) is 14.7. The summed E-state index contributed by atoms with van der Waals surface area (Å²) in [7, 11) is 1.70. The number of nitrogens with zero attached hydrogens (tertiary/aromatic N) is 2. The van der Waals surface area contributed by atoms with Crippen LogP contribution in [0.25, 0.3) is 0 Å². The van der Waals surface area contributed by atoms with Crippen molar-refractivity contribution in [2.24, 2.45) is 0 Å². The maximum Gasteiger partial charge on any atom is 0.236 e. The summed E-state index contributed by atoms with van der Waals surface area (Å²) in [5.41, 5.74) is -0.530. The van der Waals surface area contributed by atoms with Crippen molar-refractivity contribution in [2.45, 2.75) is 6.42 Å². The van der Waals surface area contributed by atoms with Crippen LogP contribution in [-0.4, -0.2) is 54.7 Å². The van der Waals surface area contributed by atoms with Crippen molar-refractivity contribution in [1.82, 2.24) is 9.80 Å². The van der Waals surface area contributed by atoms with Crippen LogP contribution in [0, 0.1) is 11.6 Å². The quantitative estimate of drug-likeness (QED) is 0.785. The summed E-state index contributed by atoms with van der Waals surface area (Å²) in [4.78, 5) is 26.9. The van der Waals surface area contributed by atoms with Crippen LogP contribution in [0.1, 0.15) is 16.8 Å². The van der Waals surface area contributed by atoms with Crippen LogP contribution in [0.15, 0.2) is 18.2 Å². The minimum absolute atomic E-state index is 0.0932. The molecular formula is C14H16F2N2O2. The van der Waals surface area contributed by atoms with E-state index in [0.717, 1.165) is 18.6 Å². The summed E-state index contributed by atoms with van der Waals surface area (Å²) in [5, 5.41) is 0. The number of halogens is 2. The number of hydrogen-bond donors (Lipinski definition) is 0. The molecule has 108 valence electrons. The summed E-state index contributed by atoms with van der Waals surface area (Å²) in [6.45, 7) is 1.12. The smallest absolute Gasteiger partial charge is 0.236 e. The lowest BCUT2D eigenvalue weighted by Crippen LogP contribution is -2.37. The lowest BCUT2D eigenvalue weighted by molar-refractivity contribution is -0.129. The maximum absolute atomic E-state index is 13.5. The van der Waals surface area contributed by atoms with Gasteiger partial charge in [-0.3, -0.25) is 14.5 Å². The molecule has 4 nitrogen and oxygen atoms in total. The summed E-state index contributed by atoms with van der Waals surface area (Å²) in [6.07, 6.45) is 0.731. The van der Waals surface area contributed by atoms with Gasteiger partial charge in [-0.25, -0.2) is 8.78 Å². The summed E-state index contributed by atoms with van der Waals surface area (Å²) in [6, 6.07) is 3.32. The zero-order valence-electron chi connectivity index (χ0n) is 11.2. The van der Waals surface area contributed by atoms with E-state index in [1.807, 2.05) is 0 Å². The van der Waals surface area contributed by atoms with E-state index in [9.17, 15) is 18.4 Å². The lowest BCUT2D eigenvalue weighted by atomic mass is 10.1. The van der Waals surface area contributed by atoms with Crippen molar-refractivity contribution < 1.29 is 18.4 Å². The first-order valence-electron chi connectivity index (χ1n) is 6.42. The second-order valence-electron chi connectivity index (χ2n) is 4.90. The monoisotopic (exact) mass is 282 g/mol. The molecule has 2 rings (SSSR count). The highest BCUT2D eigenvalue weighted by molar-refractivity contribution is 5.98. The van der Waals surface area contributed by atoms with Crippen LogP contribution >= 0.6 is 0 Å². The van der Waals surface area contributed by atoms with Gasteiger partial charge in [0.25, 0.3) is 0 Å². The summed E-state index contributed by atoms with van der Waals surface area (Å²) in [5.74, 6) is -2.47. The predicted molar refractivity (Wildman–Crippen MR) is 69.4 cm³/mol. The standard InChI is InChI=1S/C14H16F2N2O2/c1-17-6-3-7-18(9-13(17)20)8-12(19)14-10(15)4-2-5-11(14)16/h2,4-5H,3,6-9H2,1H3. The Morgan fingerprint density at radius 3 is 2.55 bits per heavy atom. The van der Waals surface area contributed by atoms with Gasteiger partial charge in [0.1, 0.15) is 11.6 Å². The Labute approximate surface area is 116 Å². The maximum atomic E-state index is 13.5. The minimum Gasteiger partial charge on any atom is -0.345 e. The van der Waals surface area contributed by atoms with E-state index < -0.39 is 23.0 Å². The lowest BCUT2D eigenvalue weighted by Gasteiger charge is -2.18. The third-order valence-electron chi connectivity index (χ3n) is 3.36. The average Bonchev–Trinajstić information content (AvgIpc) is 2.52. The van der Waals surface area contributed by atoms with Crippen molar-refractivity contribution in [2.75, 3.05) is 33.2 Å². The predicted octanol–water partition coefficient (Wildman–Crippen LogP) is 1.31. The normalized spacial score (nSPS) is 17.1. The van der Waals surface area contributed by atoms with Crippen LogP contribution < -0.4 is 0 Å². The van der Waals surface area contributed by atoms with Gasteiger partial charge in [-0.1, -0.05) is 6.07 Å². The van der Waals surface area contributed by atoms with Gasteiger partial charge in [-0.15, -0.1) is 0 Å². The highest BCUT2D eigenvalue weighted by atomic mass is 19.1. The van der Waals surface area contributed by atoms with Gasteiger partial charge >= 0.3 is 0 Å². The third-order valence-corrected chi connectivity index (χ3v) is 3.36. The van der Waals surface area contributed by atoms with Crippen molar-refractivity contribution in [3.05, 3.63) is 35.4 Å². The number of Topliss-reactive ketones (excluding diaryl/α,β-unsaturated/α-hetero) is 1. The van der Waals surface area contributed by atoms with E-state index in [1.165, 1.54) is 6.07 Å². The fraction of sp³-hybridized carbons (Fsp3) is 0.429. The van der Waals surface area contributed by atoms with E-state index in [1.54, 1.807) is 16.8 Å². The summed E-state index contributed by atoms with van der Waals surface area (Å²) >= 11 is 0. The second-order valence-corrected chi connectivity index (χ2v) is 4.90. The van der Waals surface area contributed by atoms with Gasteiger partial charge in [0.2, 0.25) is 5.91 Å². The van der Waals surface area contributed by atoms with Gasteiger partial charge in [-0.2, -0.15) is 0 Å². The van der Waals surface area contributed by atoms with Crippen molar-refractivity contribution in [3.63, 3.8) is 0 Å². The number of likely N-dealkylation sites (N-methyl/N-ethyl adjacent to an activating group) is 1. The van der Waals surface area contributed by atoms with Gasteiger partial charge in [0.15, 0.2) is 5.78 Å². The average molecular weight is 282 g/mol. The molecule has 1 saturated heterocycles. The SMILES string of the molecule is CN1CCCN(CC(=O)c2c(F)cccc2F)CC1=O. The fourth-order valence-electron chi connectivity index (χ4n) is 2.23. The first-order valence-corrected chi connectivity index (χ1v) is 6.42. The Morgan fingerprint density at radius 1 is 1.25 bits per heavy atom. The largest absolute Gasteiger partial charge is 0.345 e. The van der Waals surface area contributed by atoms with E-state index in [-0.39, 0.29) is 19.0 Å². The molecule has 0 spiro atoms. The highest BCUT2D eigenvalue weighted by Gasteiger charge is 2.23. The molecule has 0 aromatic heterocycles. The number of carbonyl (C=O) groups is 2. The topological polar surface area (TPSA) is 40.6 Å². The fourth-order valence-corrected chi connectivity index (χ4v) is 2.23. The van der Waals surface area contributed by atoms with Gasteiger partial charge in [0.05, 0.1) is 18.7 Å². The molecule has 1 aromatic carbocycles. The number of carbonyl (C=O) groups excluding carboxylic acids is 2. The molecule has 1 heterocycles. The molecule has 1 amide bonds. The number of amides is 1. The van der Waals surface area contributed by atoms with Gasteiger partial charge in [-0.05, 0) is 18.6 Å². The van der Waals surface area contributed by atoms with Crippen LogP contribution in [0.5, 0.6) is 0 Å². The number of rotatable bonds is 3. The zero-order valence-corrected chi connectivity index (χ0v) is 11.2. The van der Waals surface area contributed by atoms with Crippen molar-refractivity contribution in [3.8, 4) is 0 Å². The molecule has 1 fully saturated rings. The van der Waals surface area contributed by atoms with E-state index in [4.69, 9.17) is 0 Å². The number of hydrogen-bond acceptors (Lipinski definition) is 3. The second kappa shape index (κ2) is 6.09. The Morgan fingerprint density at radius 2 is 1.90 bits per heavy atom. The van der Waals surface area contributed by atoms with E-state index >= 15 is 0 Å². The molecular weight excluding hydrogens is 266 g/mol. The third kappa shape index (κ3) is 3.19.